The van der Waals surface area contributed by atoms with Crippen molar-refractivity contribution in [3.63, 3.8) is 0 Å². The van der Waals surface area contributed by atoms with Gasteiger partial charge in [-0.1, -0.05) is 42.1 Å². The first-order valence-corrected chi connectivity index (χ1v) is 9.62. The number of carbonyl (C=O) groups is 2. The lowest BCUT2D eigenvalue weighted by Crippen LogP contribution is -2.17. The van der Waals surface area contributed by atoms with Crippen LogP contribution in [0.4, 0.5) is 5.69 Å². The molecule has 3 aromatic rings. The normalized spacial score (nSPS) is 10.6. The molecule has 0 fully saturated rings. The largest absolute Gasteiger partial charge is 0.462 e. The van der Waals surface area contributed by atoms with Crippen LogP contribution < -0.4 is 5.32 Å². The Balaban J connectivity index is 1.68. The number of fused-ring (bicyclic) bond motifs is 1. The third-order valence-corrected chi connectivity index (χ3v) is 4.86. The van der Waals surface area contributed by atoms with E-state index in [1.807, 2.05) is 37.3 Å². The molecule has 138 valence electrons. The molecule has 0 bridgehead atoms. The van der Waals surface area contributed by atoms with E-state index in [1.165, 1.54) is 11.8 Å². The zero-order valence-electron chi connectivity index (χ0n) is 15.2. The van der Waals surface area contributed by atoms with Crippen LogP contribution in [0, 0.1) is 6.92 Å². The van der Waals surface area contributed by atoms with Gasteiger partial charge in [-0.15, -0.1) is 0 Å². The molecule has 0 radical (unpaired) electrons. The van der Waals surface area contributed by atoms with E-state index in [-0.39, 0.29) is 18.3 Å². The van der Waals surface area contributed by atoms with Crippen molar-refractivity contribution in [2.24, 2.45) is 0 Å². The number of hydrogen-bond donors (Lipinski definition) is 1. The monoisotopic (exact) mass is 380 g/mol. The van der Waals surface area contributed by atoms with Gasteiger partial charge in [0.2, 0.25) is 5.91 Å². The van der Waals surface area contributed by atoms with E-state index in [9.17, 15) is 9.59 Å². The van der Waals surface area contributed by atoms with Gasteiger partial charge < -0.3 is 10.1 Å². The van der Waals surface area contributed by atoms with Crippen LogP contribution in [0.3, 0.4) is 0 Å². The number of benzene rings is 2. The van der Waals surface area contributed by atoms with Crippen LogP contribution in [-0.4, -0.2) is 29.2 Å². The number of amides is 1. The highest BCUT2D eigenvalue weighted by molar-refractivity contribution is 7.99. The highest BCUT2D eigenvalue weighted by Crippen LogP contribution is 2.24. The molecule has 6 heteroatoms. The molecule has 0 unspecified atom stereocenters. The molecule has 0 saturated carbocycles. The summed E-state index contributed by atoms with van der Waals surface area (Å²) in [4.78, 5) is 28.9. The van der Waals surface area contributed by atoms with Crippen molar-refractivity contribution < 1.29 is 14.3 Å². The number of anilines is 1. The van der Waals surface area contributed by atoms with Crippen molar-refractivity contribution in [2.75, 3.05) is 17.7 Å². The Morgan fingerprint density at radius 2 is 1.85 bits per heavy atom. The zero-order valence-corrected chi connectivity index (χ0v) is 16.0. The Kier molecular flexibility index (Phi) is 6.08. The Labute approximate surface area is 162 Å². The number of ether oxygens (including phenoxy) is 1. The first kappa shape index (κ1) is 18.9. The minimum Gasteiger partial charge on any atom is -0.462 e. The molecule has 1 aromatic heterocycles. The molecule has 1 N–H and O–H groups in total. The van der Waals surface area contributed by atoms with Crippen LogP contribution in [0.5, 0.6) is 0 Å². The second-order valence-corrected chi connectivity index (χ2v) is 6.89. The van der Waals surface area contributed by atoms with Crippen molar-refractivity contribution in [1.82, 2.24) is 4.98 Å². The number of esters is 1. The molecule has 0 atom stereocenters. The standard InChI is InChI=1S/C21H20N2O3S/c1-3-26-21(25)16-9-5-7-11-18(16)22-19(24)13-27-20-12-14(2)15-8-4-6-10-17(15)23-20/h4-12H,3,13H2,1-2H3,(H,22,24). The van der Waals surface area contributed by atoms with E-state index in [1.54, 1.807) is 31.2 Å². The summed E-state index contributed by atoms with van der Waals surface area (Å²) in [5, 5.41) is 4.68. The summed E-state index contributed by atoms with van der Waals surface area (Å²) in [5.74, 6) is -0.459. The van der Waals surface area contributed by atoms with Crippen LogP contribution in [0.25, 0.3) is 10.9 Å². The number of nitrogens with one attached hydrogen (secondary N) is 1. The van der Waals surface area contributed by atoms with Gasteiger partial charge in [-0.3, -0.25) is 4.79 Å². The highest BCUT2D eigenvalue weighted by atomic mass is 32.2. The fourth-order valence-corrected chi connectivity index (χ4v) is 3.47. The summed E-state index contributed by atoms with van der Waals surface area (Å²) in [6, 6.07) is 16.7. The summed E-state index contributed by atoms with van der Waals surface area (Å²) in [5.41, 5.74) is 2.82. The van der Waals surface area contributed by atoms with Gasteiger partial charge >= 0.3 is 5.97 Å². The minimum atomic E-state index is -0.451. The molecule has 27 heavy (non-hydrogen) atoms. The number of thioether (sulfide) groups is 1. The summed E-state index contributed by atoms with van der Waals surface area (Å²) in [6.07, 6.45) is 0. The average molecular weight is 380 g/mol. The fourth-order valence-electron chi connectivity index (χ4n) is 2.70. The second-order valence-electron chi connectivity index (χ2n) is 5.90. The van der Waals surface area contributed by atoms with Gasteiger partial charge in [0, 0.05) is 5.39 Å². The van der Waals surface area contributed by atoms with E-state index < -0.39 is 5.97 Å². The lowest BCUT2D eigenvalue weighted by Gasteiger charge is -2.10. The van der Waals surface area contributed by atoms with Crippen LogP contribution in [0.15, 0.2) is 59.6 Å². The fraction of sp³-hybridized carbons (Fsp3) is 0.190. The first-order chi connectivity index (χ1) is 13.1. The Hall–Kier alpha value is -2.86. The number of aryl methyl sites for hydroxylation is 1. The van der Waals surface area contributed by atoms with Crippen LogP contribution in [-0.2, 0) is 9.53 Å². The number of para-hydroxylation sites is 2. The van der Waals surface area contributed by atoms with Crippen LogP contribution >= 0.6 is 11.8 Å². The van der Waals surface area contributed by atoms with E-state index in [2.05, 4.69) is 10.3 Å². The molecule has 1 amide bonds. The molecule has 5 nitrogen and oxygen atoms in total. The Morgan fingerprint density at radius 3 is 2.67 bits per heavy atom. The predicted molar refractivity (Wildman–Crippen MR) is 108 cm³/mol. The van der Waals surface area contributed by atoms with E-state index in [4.69, 9.17) is 4.74 Å². The minimum absolute atomic E-state index is 0.196. The van der Waals surface area contributed by atoms with Gasteiger partial charge in [0.25, 0.3) is 0 Å². The number of pyridine rings is 1. The molecule has 2 aromatic carbocycles. The van der Waals surface area contributed by atoms with Gasteiger partial charge in [-0.05, 0) is 43.7 Å². The van der Waals surface area contributed by atoms with Crippen molar-refractivity contribution >= 4 is 40.2 Å². The second kappa shape index (κ2) is 8.68. The third-order valence-electron chi connectivity index (χ3n) is 3.95. The molecule has 1 heterocycles. The Bertz CT molecular complexity index is 988. The summed E-state index contributed by atoms with van der Waals surface area (Å²) in [7, 11) is 0. The van der Waals surface area contributed by atoms with Gasteiger partial charge in [0.05, 0.1) is 34.2 Å². The SMILES string of the molecule is CCOC(=O)c1ccccc1NC(=O)CSc1cc(C)c2ccccc2n1. The van der Waals surface area contributed by atoms with Crippen molar-refractivity contribution in [2.45, 2.75) is 18.9 Å². The van der Waals surface area contributed by atoms with E-state index in [0.29, 0.717) is 11.3 Å². The third kappa shape index (κ3) is 4.65. The predicted octanol–water partition coefficient (Wildman–Crippen LogP) is 4.45. The molecule has 3 rings (SSSR count). The van der Waals surface area contributed by atoms with Crippen molar-refractivity contribution in [1.29, 1.82) is 0 Å². The number of hydrogen-bond acceptors (Lipinski definition) is 5. The molecule has 0 aliphatic rings. The summed E-state index contributed by atoms with van der Waals surface area (Å²) >= 11 is 1.36. The lowest BCUT2D eigenvalue weighted by atomic mass is 10.1. The molecule has 0 aliphatic carbocycles. The van der Waals surface area contributed by atoms with E-state index >= 15 is 0 Å². The maximum absolute atomic E-state index is 12.4. The van der Waals surface area contributed by atoms with Crippen LogP contribution in [0.2, 0.25) is 0 Å². The molecular formula is C21H20N2O3S. The number of rotatable bonds is 6. The molecule has 0 saturated heterocycles. The van der Waals surface area contributed by atoms with Crippen molar-refractivity contribution in [3.8, 4) is 0 Å². The molecule has 0 spiro atoms. The van der Waals surface area contributed by atoms with Gasteiger partial charge in [0.15, 0.2) is 0 Å². The lowest BCUT2D eigenvalue weighted by molar-refractivity contribution is -0.113. The van der Waals surface area contributed by atoms with E-state index in [0.717, 1.165) is 21.5 Å². The average Bonchev–Trinajstić information content (AvgIpc) is 2.67. The summed E-state index contributed by atoms with van der Waals surface area (Å²) in [6.45, 7) is 4.06. The quantitative estimate of drug-likeness (QED) is 0.505. The van der Waals surface area contributed by atoms with Gasteiger partial charge in [-0.2, -0.15) is 0 Å². The van der Waals surface area contributed by atoms with Crippen molar-refractivity contribution in [3.05, 3.63) is 65.7 Å². The van der Waals surface area contributed by atoms with Gasteiger partial charge in [0.1, 0.15) is 0 Å². The summed E-state index contributed by atoms with van der Waals surface area (Å²) < 4.78 is 5.03. The number of aromatic nitrogens is 1. The number of nitrogens with zero attached hydrogens (tertiary/aromatic N) is 1. The highest BCUT2D eigenvalue weighted by Gasteiger charge is 2.14. The topological polar surface area (TPSA) is 68.3 Å². The maximum Gasteiger partial charge on any atom is 0.340 e. The van der Waals surface area contributed by atoms with Crippen LogP contribution in [0.1, 0.15) is 22.8 Å². The molecular weight excluding hydrogens is 360 g/mol. The first-order valence-electron chi connectivity index (χ1n) is 8.63. The Morgan fingerprint density at radius 1 is 1.11 bits per heavy atom. The number of carbonyl (C=O) groups excluding carboxylic acids is 2. The zero-order chi connectivity index (χ0) is 19.2. The molecule has 0 aliphatic heterocycles. The smallest absolute Gasteiger partial charge is 0.340 e. The maximum atomic E-state index is 12.4. The van der Waals surface area contributed by atoms with Gasteiger partial charge in [-0.25, -0.2) is 9.78 Å².